The minimum absolute atomic E-state index is 0.221. The minimum Gasteiger partial charge on any atom is -0.389 e. The molecule has 0 amide bonds. The Labute approximate surface area is 55.0 Å². The molecule has 1 unspecified atom stereocenters. The summed E-state index contributed by atoms with van der Waals surface area (Å²) in [7, 11) is 0. The van der Waals surface area contributed by atoms with E-state index in [0.29, 0.717) is 0 Å². The van der Waals surface area contributed by atoms with Gasteiger partial charge in [0, 0.05) is 0 Å². The Morgan fingerprint density at radius 2 is 2.67 bits per heavy atom. The van der Waals surface area contributed by atoms with Gasteiger partial charge in [0.25, 0.3) is 0 Å². The third-order valence-corrected chi connectivity index (χ3v) is 1.32. The molecule has 0 saturated carbocycles. The summed E-state index contributed by atoms with van der Waals surface area (Å²) >= 11 is 0. The van der Waals surface area contributed by atoms with E-state index in [-0.39, 0.29) is 6.10 Å². The van der Waals surface area contributed by atoms with Gasteiger partial charge in [-0.3, -0.25) is 9.89 Å². The summed E-state index contributed by atoms with van der Waals surface area (Å²) in [6.07, 6.45) is 1.70. The fourth-order valence-electron chi connectivity index (χ4n) is 0.950. The molecule has 0 aromatic carbocycles. The van der Waals surface area contributed by atoms with E-state index in [1.54, 1.807) is 6.92 Å². The SMILES string of the molecule is CC(O)C[N+]1=CNCC1. The summed E-state index contributed by atoms with van der Waals surface area (Å²) in [5, 5.41) is 12.0. The smallest absolute Gasteiger partial charge is 0.232 e. The Morgan fingerprint density at radius 1 is 1.89 bits per heavy atom. The Bertz CT molecular complexity index is 120. The second-order valence-corrected chi connectivity index (χ2v) is 2.43. The van der Waals surface area contributed by atoms with Gasteiger partial charge in [0.15, 0.2) is 0 Å². The number of rotatable bonds is 2. The molecule has 3 heteroatoms. The van der Waals surface area contributed by atoms with Crippen molar-refractivity contribution in [3.63, 3.8) is 0 Å². The predicted octanol–water partition coefficient (Wildman–Crippen LogP) is -0.989. The van der Waals surface area contributed by atoms with E-state index >= 15 is 0 Å². The minimum atomic E-state index is -0.221. The van der Waals surface area contributed by atoms with Gasteiger partial charge < -0.3 is 5.11 Å². The molecule has 0 radical (unpaired) electrons. The fraction of sp³-hybridized carbons (Fsp3) is 0.833. The van der Waals surface area contributed by atoms with E-state index in [0.717, 1.165) is 19.6 Å². The number of hydrogen-bond donors (Lipinski definition) is 2. The molecule has 1 atom stereocenters. The van der Waals surface area contributed by atoms with Crippen LogP contribution in [0.15, 0.2) is 0 Å². The largest absolute Gasteiger partial charge is 0.389 e. The maximum Gasteiger partial charge on any atom is 0.232 e. The lowest BCUT2D eigenvalue weighted by molar-refractivity contribution is -0.522. The molecule has 1 heterocycles. The van der Waals surface area contributed by atoms with Crippen molar-refractivity contribution in [3.8, 4) is 0 Å². The second kappa shape index (κ2) is 2.82. The maximum atomic E-state index is 8.92. The quantitative estimate of drug-likeness (QED) is 0.470. The lowest BCUT2D eigenvalue weighted by Crippen LogP contribution is -2.21. The summed E-state index contributed by atoms with van der Waals surface area (Å²) in [6.45, 7) is 4.57. The molecule has 1 aliphatic rings. The molecule has 52 valence electrons. The summed E-state index contributed by atoms with van der Waals surface area (Å²) in [6, 6.07) is 0. The molecular formula is C6H13N2O+. The summed E-state index contributed by atoms with van der Waals surface area (Å²) in [5.74, 6) is 0. The highest BCUT2D eigenvalue weighted by Crippen LogP contribution is 1.84. The number of aliphatic hydroxyl groups is 1. The first-order valence-electron chi connectivity index (χ1n) is 3.28. The highest BCUT2D eigenvalue weighted by Gasteiger charge is 2.09. The van der Waals surface area contributed by atoms with Crippen molar-refractivity contribution >= 4 is 6.34 Å². The van der Waals surface area contributed by atoms with Crippen LogP contribution in [-0.4, -0.2) is 41.8 Å². The Hall–Kier alpha value is -0.570. The molecule has 0 aromatic heterocycles. The van der Waals surface area contributed by atoms with Crippen LogP contribution in [0.1, 0.15) is 6.92 Å². The van der Waals surface area contributed by atoms with Crippen molar-refractivity contribution in [1.29, 1.82) is 0 Å². The van der Waals surface area contributed by atoms with Gasteiger partial charge in [-0.25, -0.2) is 0 Å². The third-order valence-electron chi connectivity index (χ3n) is 1.32. The van der Waals surface area contributed by atoms with Crippen LogP contribution in [-0.2, 0) is 0 Å². The van der Waals surface area contributed by atoms with Crippen LogP contribution in [0.4, 0.5) is 0 Å². The Morgan fingerprint density at radius 3 is 3.11 bits per heavy atom. The third kappa shape index (κ3) is 2.01. The average molecular weight is 129 g/mol. The molecule has 0 aromatic rings. The van der Waals surface area contributed by atoms with Gasteiger partial charge in [-0.2, -0.15) is 0 Å². The van der Waals surface area contributed by atoms with Gasteiger partial charge >= 0.3 is 0 Å². The molecule has 0 spiro atoms. The lowest BCUT2D eigenvalue weighted by atomic mass is 10.4. The molecule has 2 N–H and O–H groups in total. The fourth-order valence-corrected chi connectivity index (χ4v) is 0.950. The van der Waals surface area contributed by atoms with E-state index in [1.165, 1.54) is 0 Å². The number of nitrogens with one attached hydrogen (secondary N) is 1. The number of aliphatic hydroxyl groups excluding tert-OH is 1. The van der Waals surface area contributed by atoms with E-state index in [4.69, 9.17) is 5.11 Å². The van der Waals surface area contributed by atoms with Gasteiger partial charge in [-0.05, 0) is 6.92 Å². The van der Waals surface area contributed by atoms with E-state index < -0.39 is 0 Å². The summed E-state index contributed by atoms with van der Waals surface area (Å²) in [5.41, 5.74) is 0. The van der Waals surface area contributed by atoms with Crippen LogP contribution in [0.5, 0.6) is 0 Å². The van der Waals surface area contributed by atoms with E-state index in [2.05, 4.69) is 9.89 Å². The highest BCUT2D eigenvalue weighted by atomic mass is 16.3. The topological polar surface area (TPSA) is 35.3 Å². The number of β-amino-alcohol motifs (C(OH)–C–C–N with tert-alkyl or cyclic N) is 1. The molecular weight excluding hydrogens is 116 g/mol. The zero-order valence-corrected chi connectivity index (χ0v) is 5.67. The molecule has 0 bridgehead atoms. The van der Waals surface area contributed by atoms with Gasteiger partial charge in [-0.15, -0.1) is 0 Å². The molecule has 1 aliphatic heterocycles. The van der Waals surface area contributed by atoms with Crippen LogP contribution in [0.3, 0.4) is 0 Å². The molecule has 0 fully saturated rings. The van der Waals surface area contributed by atoms with Crippen LogP contribution < -0.4 is 5.32 Å². The highest BCUT2D eigenvalue weighted by molar-refractivity contribution is 5.49. The zero-order chi connectivity index (χ0) is 6.69. The van der Waals surface area contributed by atoms with Gasteiger partial charge in [0.05, 0.1) is 6.10 Å². The van der Waals surface area contributed by atoms with E-state index in [1.807, 2.05) is 6.34 Å². The second-order valence-electron chi connectivity index (χ2n) is 2.43. The Kier molecular flexibility index (Phi) is 2.05. The first-order chi connectivity index (χ1) is 4.29. The van der Waals surface area contributed by atoms with Crippen LogP contribution in [0.25, 0.3) is 0 Å². The average Bonchev–Trinajstić information content (AvgIpc) is 2.15. The number of nitrogens with zero attached hydrogens (tertiary/aromatic N) is 1. The monoisotopic (exact) mass is 129 g/mol. The first-order valence-corrected chi connectivity index (χ1v) is 3.28. The van der Waals surface area contributed by atoms with Gasteiger partial charge in [-0.1, -0.05) is 0 Å². The van der Waals surface area contributed by atoms with Crippen LogP contribution in [0, 0.1) is 0 Å². The van der Waals surface area contributed by atoms with Gasteiger partial charge in [0.1, 0.15) is 19.6 Å². The maximum absolute atomic E-state index is 8.92. The van der Waals surface area contributed by atoms with Crippen LogP contribution in [0.2, 0.25) is 0 Å². The van der Waals surface area contributed by atoms with Crippen molar-refractivity contribution in [3.05, 3.63) is 0 Å². The lowest BCUT2D eigenvalue weighted by Gasteiger charge is -2.01. The molecule has 0 saturated heterocycles. The van der Waals surface area contributed by atoms with Crippen molar-refractivity contribution < 1.29 is 9.68 Å². The van der Waals surface area contributed by atoms with Crippen molar-refractivity contribution in [2.24, 2.45) is 0 Å². The van der Waals surface area contributed by atoms with Crippen LogP contribution >= 0.6 is 0 Å². The predicted molar refractivity (Wildman–Crippen MR) is 35.7 cm³/mol. The van der Waals surface area contributed by atoms with Crippen molar-refractivity contribution in [1.82, 2.24) is 5.32 Å². The molecule has 3 nitrogen and oxygen atoms in total. The number of hydrogen-bond acceptors (Lipinski definition) is 2. The standard InChI is InChI=1S/C6H12N2O/c1-6(9)4-8-3-2-7-5-8/h5-6,9H,2-4H2,1H3/p+1. The molecule has 0 aliphatic carbocycles. The van der Waals surface area contributed by atoms with E-state index in [9.17, 15) is 0 Å². The first kappa shape index (κ1) is 6.55. The van der Waals surface area contributed by atoms with Crippen molar-refractivity contribution in [2.45, 2.75) is 13.0 Å². The summed E-state index contributed by atoms with van der Waals surface area (Å²) < 4.78 is 2.07. The molecule has 9 heavy (non-hydrogen) atoms. The zero-order valence-electron chi connectivity index (χ0n) is 5.67. The van der Waals surface area contributed by atoms with Gasteiger partial charge in [0.2, 0.25) is 6.34 Å². The molecule has 1 rings (SSSR count). The normalized spacial score (nSPS) is 20.9. The van der Waals surface area contributed by atoms with Crippen molar-refractivity contribution in [2.75, 3.05) is 19.6 Å². The Balaban J connectivity index is 2.26. The summed E-state index contributed by atoms with van der Waals surface area (Å²) in [4.78, 5) is 0.